The Morgan fingerprint density at radius 3 is 2.35 bits per heavy atom. The summed E-state index contributed by atoms with van der Waals surface area (Å²) in [5.41, 5.74) is 5.00. The molecule has 0 aromatic rings. The minimum atomic E-state index is -3.48. The van der Waals surface area contributed by atoms with Gasteiger partial charge in [0.1, 0.15) is 0 Å². The predicted octanol–water partition coefficient (Wildman–Crippen LogP) is 0.607. The molecule has 1 aliphatic carbocycles. The Hall–Kier alpha value is -0.620. The summed E-state index contributed by atoms with van der Waals surface area (Å²) in [7, 11) is -3.48. The molecule has 0 saturated heterocycles. The van der Waals surface area contributed by atoms with Crippen molar-refractivity contribution in [3.63, 3.8) is 0 Å². The van der Waals surface area contributed by atoms with E-state index in [1.807, 2.05) is 0 Å². The molecule has 1 saturated carbocycles. The van der Waals surface area contributed by atoms with Gasteiger partial charge >= 0.3 is 0 Å². The average molecular weight is 262 g/mol. The zero-order valence-electron chi connectivity index (χ0n) is 10.5. The van der Waals surface area contributed by atoms with Crippen LogP contribution in [0.15, 0.2) is 0 Å². The fourth-order valence-electron chi connectivity index (χ4n) is 2.16. The number of sulfonamides is 1. The Morgan fingerprint density at radius 2 is 1.94 bits per heavy atom. The van der Waals surface area contributed by atoms with Gasteiger partial charge in [-0.2, -0.15) is 0 Å². The largest absolute Gasteiger partial charge is 0.329 e. The first kappa shape index (κ1) is 14.4. The molecular weight excluding hydrogens is 240 g/mol. The standard InChI is InChI=1S/C11H22N2O3S/c1-3-17(15,16)13-10(14)11(8-12)6-4-9(2)5-7-11/h9H,3-8,12H2,1-2H3,(H,13,14). The van der Waals surface area contributed by atoms with Crippen LogP contribution in [0.3, 0.4) is 0 Å². The zero-order chi connectivity index (χ0) is 13.1. The number of rotatable bonds is 4. The van der Waals surface area contributed by atoms with Gasteiger partial charge in [-0.25, -0.2) is 8.42 Å². The Kier molecular flexibility index (Phi) is 4.55. The summed E-state index contributed by atoms with van der Waals surface area (Å²) in [6.07, 6.45) is 3.21. The van der Waals surface area contributed by atoms with Crippen molar-refractivity contribution in [3.8, 4) is 0 Å². The molecule has 1 rings (SSSR count). The van der Waals surface area contributed by atoms with Crippen LogP contribution in [0.5, 0.6) is 0 Å². The van der Waals surface area contributed by atoms with Crippen LogP contribution >= 0.6 is 0 Å². The molecule has 0 atom stereocenters. The second kappa shape index (κ2) is 5.35. The lowest BCUT2D eigenvalue weighted by atomic mass is 9.70. The minimum Gasteiger partial charge on any atom is -0.329 e. The molecule has 1 aliphatic rings. The summed E-state index contributed by atoms with van der Waals surface area (Å²) >= 11 is 0. The van der Waals surface area contributed by atoms with Crippen LogP contribution in [0, 0.1) is 11.3 Å². The third kappa shape index (κ3) is 3.42. The van der Waals surface area contributed by atoms with Gasteiger partial charge in [-0.1, -0.05) is 6.92 Å². The summed E-state index contributed by atoms with van der Waals surface area (Å²) in [6, 6.07) is 0. The van der Waals surface area contributed by atoms with Crippen LogP contribution in [0.25, 0.3) is 0 Å². The number of hydrogen-bond acceptors (Lipinski definition) is 4. The first-order valence-electron chi connectivity index (χ1n) is 6.10. The Morgan fingerprint density at radius 1 is 1.41 bits per heavy atom. The SMILES string of the molecule is CCS(=O)(=O)NC(=O)C1(CN)CCC(C)CC1. The smallest absolute Gasteiger partial charge is 0.240 e. The van der Waals surface area contributed by atoms with Crippen LogP contribution < -0.4 is 10.5 Å². The molecule has 0 bridgehead atoms. The van der Waals surface area contributed by atoms with E-state index in [2.05, 4.69) is 11.6 Å². The molecule has 0 aromatic heterocycles. The van der Waals surface area contributed by atoms with Crippen LogP contribution in [0.2, 0.25) is 0 Å². The van der Waals surface area contributed by atoms with E-state index < -0.39 is 21.3 Å². The maximum Gasteiger partial charge on any atom is 0.240 e. The van der Waals surface area contributed by atoms with Crippen molar-refractivity contribution in [3.05, 3.63) is 0 Å². The number of carbonyl (C=O) groups is 1. The van der Waals surface area contributed by atoms with Crippen molar-refractivity contribution >= 4 is 15.9 Å². The minimum absolute atomic E-state index is 0.0875. The topological polar surface area (TPSA) is 89.3 Å². The fourth-order valence-corrected chi connectivity index (χ4v) is 2.80. The normalized spacial score (nSPS) is 29.9. The summed E-state index contributed by atoms with van der Waals surface area (Å²) < 4.78 is 24.9. The lowest BCUT2D eigenvalue weighted by Crippen LogP contribution is -2.49. The van der Waals surface area contributed by atoms with Crippen molar-refractivity contribution in [1.29, 1.82) is 0 Å². The molecule has 0 radical (unpaired) electrons. The maximum atomic E-state index is 12.1. The van der Waals surface area contributed by atoms with E-state index in [0.717, 1.165) is 12.8 Å². The van der Waals surface area contributed by atoms with Crippen LogP contribution in [0.4, 0.5) is 0 Å². The Bertz CT molecular complexity index is 370. The summed E-state index contributed by atoms with van der Waals surface area (Å²) in [5.74, 6) is 0.0782. The second-order valence-electron chi connectivity index (χ2n) is 5.00. The van der Waals surface area contributed by atoms with Gasteiger partial charge in [-0.3, -0.25) is 9.52 Å². The molecular formula is C11H22N2O3S. The molecule has 1 amide bonds. The number of nitrogens with two attached hydrogens (primary N) is 1. The van der Waals surface area contributed by atoms with Gasteiger partial charge in [0.25, 0.3) is 0 Å². The van der Waals surface area contributed by atoms with Gasteiger partial charge in [-0.05, 0) is 38.5 Å². The van der Waals surface area contributed by atoms with Gasteiger partial charge in [0.15, 0.2) is 0 Å². The van der Waals surface area contributed by atoms with Crippen molar-refractivity contribution in [2.75, 3.05) is 12.3 Å². The zero-order valence-corrected chi connectivity index (χ0v) is 11.3. The molecule has 0 heterocycles. The molecule has 0 aromatic carbocycles. The fraction of sp³-hybridized carbons (Fsp3) is 0.909. The molecule has 100 valence electrons. The predicted molar refractivity (Wildman–Crippen MR) is 66.7 cm³/mol. The molecule has 17 heavy (non-hydrogen) atoms. The van der Waals surface area contributed by atoms with E-state index in [4.69, 9.17) is 5.73 Å². The second-order valence-corrected chi connectivity index (χ2v) is 7.01. The molecule has 5 nitrogen and oxygen atoms in total. The molecule has 0 unspecified atom stereocenters. The highest BCUT2D eigenvalue weighted by molar-refractivity contribution is 7.90. The summed E-state index contributed by atoms with van der Waals surface area (Å²) in [6.45, 7) is 3.86. The summed E-state index contributed by atoms with van der Waals surface area (Å²) in [5, 5.41) is 0. The van der Waals surface area contributed by atoms with E-state index in [0.29, 0.717) is 18.8 Å². The third-order valence-electron chi connectivity index (χ3n) is 3.73. The van der Waals surface area contributed by atoms with Crippen LogP contribution in [0.1, 0.15) is 39.5 Å². The summed E-state index contributed by atoms with van der Waals surface area (Å²) in [4.78, 5) is 12.1. The van der Waals surface area contributed by atoms with Crippen molar-refractivity contribution in [1.82, 2.24) is 4.72 Å². The Labute approximate surface area is 103 Å². The first-order valence-corrected chi connectivity index (χ1v) is 7.75. The third-order valence-corrected chi connectivity index (χ3v) is 4.99. The lowest BCUT2D eigenvalue weighted by molar-refractivity contribution is -0.130. The Balaban J connectivity index is 2.77. The van der Waals surface area contributed by atoms with Gasteiger partial charge < -0.3 is 5.73 Å². The van der Waals surface area contributed by atoms with Crippen LogP contribution in [-0.2, 0) is 14.8 Å². The average Bonchev–Trinajstić information content (AvgIpc) is 2.30. The molecule has 3 N–H and O–H groups in total. The van der Waals surface area contributed by atoms with Gasteiger partial charge in [0.05, 0.1) is 11.2 Å². The monoisotopic (exact) mass is 262 g/mol. The quantitative estimate of drug-likeness (QED) is 0.776. The first-order chi connectivity index (χ1) is 7.85. The number of hydrogen-bond donors (Lipinski definition) is 2. The van der Waals surface area contributed by atoms with E-state index >= 15 is 0 Å². The highest BCUT2D eigenvalue weighted by Crippen LogP contribution is 2.38. The molecule has 0 aliphatic heterocycles. The van der Waals surface area contributed by atoms with Crippen LogP contribution in [-0.4, -0.2) is 26.6 Å². The van der Waals surface area contributed by atoms with Gasteiger partial charge in [-0.15, -0.1) is 0 Å². The van der Waals surface area contributed by atoms with Crippen molar-refractivity contribution in [2.45, 2.75) is 39.5 Å². The molecule has 0 spiro atoms. The highest BCUT2D eigenvalue weighted by Gasteiger charge is 2.41. The van der Waals surface area contributed by atoms with E-state index in [9.17, 15) is 13.2 Å². The van der Waals surface area contributed by atoms with Crippen molar-refractivity contribution in [2.24, 2.45) is 17.1 Å². The lowest BCUT2D eigenvalue weighted by Gasteiger charge is -2.36. The van der Waals surface area contributed by atoms with E-state index in [-0.39, 0.29) is 12.3 Å². The van der Waals surface area contributed by atoms with Gasteiger partial charge in [0.2, 0.25) is 15.9 Å². The van der Waals surface area contributed by atoms with Crippen molar-refractivity contribution < 1.29 is 13.2 Å². The number of carbonyl (C=O) groups excluding carboxylic acids is 1. The maximum absolute atomic E-state index is 12.1. The molecule has 1 fully saturated rings. The van der Waals surface area contributed by atoms with E-state index in [1.165, 1.54) is 6.92 Å². The molecule has 6 heteroatoms. The van der Waals surface area contributed by atoms with E-state index in [1.54, 1.807) is 0 Å². The number of amides is 1. The van der Waals surface area contributed by atoms with Gasteiger partial charge in [0, 0.05) is 6.54 Å². The highest BCUT2D eigenvalue weighted by atomic mass is 32.2. The number of nitrogens with one attached hydrogen (secondary N) is 1.